The summed E-state index contributed by atoms with van der Waals surface area (Å²) in [4.78, 5) is 15.5. The van der Waals surface area contributed by atoms with Gasteiger partial charge in [0.1, 0.15) is 10.4 Å². The van der Waals surface area contributed by atoms with Crippen molar-refractivity contribution in [2.45, 2.75) is 19.8 Å². The van der Waals surface area contributed by atoms with Gasteiger partial charge in [-0.15, -0.1) is 11.3 Å². The van der Waals surface area contributed by atoms with Gasteiger partial charge in [-0.2, -0.15) is 5.26 Å². The van der Waals surface area contributed by atoms with Crippen molar-refractivity contribution >= 4 is 32.3 Å². The first-order chi connectivity index (χ1) is 13.1. The van der Waals surface area contributed by atoms with E-state index in [4.69, 9.17) is 10.00 Å². The van der Waals surface area contributed by atoms with Gasteiger partial charge in [-0.3, -0.25) is 4.79 Å². The lowest BCUT2D eigenvalue weighted by Gasteiger charge is -2.16. The molecule has 5 heteroatoms. The van der Waals surface area contributed by atoms with Crippen LogP contribution in [0.4, 0.5) is 0 Å². The molecule has 27 heavy (non-hydrogen) atoms. The van der Waals surface area contributed by atoms with E-state index in [9.17, 15) is 4.79 Å². The van der Waals surface area contributed by atoms with Crippen LogP contribution in [0.15, 0.2) is 46.6 Å². The monoisotopic (exact) mass is 374 g/mol. The molecule has 2 aromatic carbocycles. The lowest BCUT2D eigenvalue weighted by Crippen LogP contribution is -2.06. The van der Waals surface area contributed by atoms with Gasteiger partial charge in [0, 0.05) is 22.8 Å². The molecule has 4 rings (SSSR count). The van der Waals surface area contributed by atoms with Crippen LogP contribution in [0, 0.1) is 18.3 Å². The summed E-state index contributed by atoms with van der Waals surface area (Å²) in [5.41, 5.74) is 4.89. The van der Waals surface area contributed by atoms with E-state index in [1.165, 1.54) is 11.3 Å². The van der Waals surface area contributed by atoms with Crippen LogP contribution in [0.5, 0.6) is 5.75 Å². The molecule has 134 valence electrons. The molecule has 0 amide bonds. The Balaban J connectivity index is 2.04. The zero-order valence-corrected chi connectivity index (χ0v) is 15.9. The zero-order chi connectivity index (χ0) is 19.0. The number of benzene rings is 2. The minimum absolute atomic E-state index is 0.0569. The number of aromatic nitrogens is 1. The number of rotatable bonds is 4. The minimum Gasteiger partial charge on any atom is -0.496 e. The summed E-state index contributed by atoms with van der Waals surface area (Å²) in [5.74, 6) is 0.782. The molecule has 0 spiro atoms. The number of nitrogens with zero attached hydrogens (tertiary/aromatic N) is 1. The summed E-state index contributed by atoms with van der Waals surface area (Å²) < 4.78 is 6.43. The smallest absolute Gasteiger partial charge is 0.266 e. The first-order valence-corrected chi connectivity index (χ1v) is 9.59. The number of H-pyrrole nitrogens is 1. The van der Waals surface area contributed by atoms with E-state index in [0.29, 0.717) is 6.42 Å². The molecule has 0 aliphatic rings. The number of pyridine rings is 1. The van der Waals surface area contributed by atoms with Crippen molar-refractivity contribution in [1.29, 1.82) is 5.26 Å². The fourth-order valence-electron chi connectivity index (χ4n) is 3.55. The molecule has 0 aliphatic heterocycles. The Morgan fingerprint density at radius 2 is 2.00 bits per heavy atom. The highest BCUT2D eigenvalue weighted by molar-refractivity contribution is 7.17. The standard InChI is InChI=1S/C22H18N2O2S/c1-13-12-17(26-2)18(15-7-5-14(6-8-15)4-3-10-23)19-16-9-11-27-21(16)22(25)24-20(13)19/h5-9,11-12H,3-4H2,1-2H3,(H,24,25). The van der Waals surface area contributed by atoms with Crippen molar-refractivity contribution in [2.24, 2.45) is 0 Å². The van der Waals surface area contributed by atoms with Gasteiger partial charge < -0.3 is 9.72 Å². The van der Waals surface area contributed by atoms with Crippen molar-refractivity contribution in [3.8, 4) is 22.9 Å². The molecule has 0 atom stereocenters. The van der Waals surface area contributed by atoms with E-state index in [2.05, 4.69) is 23.2 Å². The average molecular weight is 374 g/mol. The number of hydrogen-bond acceptors (Lipinski definition) is 4. The maximum absolute atomic E-state index is 12.5. The van der Waals surface area contributed by atoms with Crippen LogP contribution in [-0.2, 0) is 6.42 Å². The van der Waals surface area contributed by atoms with Gasteiger partial charge >= 0.3 is 0 Å². The van der Waals surface area contributed by atoms with Crippen LogP contribution in [0.2, 0.25) is 0 Å². The third-order valence-electron chi connectivity index (χ3n) is 4.86. The van der Waals surface area contributed by atoms with Gasteiger partial charge in [0.2, 0.25) is 0 Å². The number of ether oxygens (including phenoxy) is 1. The normalized spacial score (nSPS) is 11.0. The van der Waals surface area contributed by atoms with Crippen LogP contribution >= 0.6 is 11.3 Å². The highest BCUT2D eigenvalue weighted by atomic mass is 32.1. The van der Waals surface area contributed by atoms with E-state index in [1.54, 1.807) is 7.11 Å². The molecule has 0 radical (unpaired) electrons. The molecule has 2 aromatic heterocycles. The first kappa shape index (κ1) is 17.3. The van der Waals surface area contributed by atoms with Gasteiger partial charge in [-0.25, -0.2) is 0 Å². The molecule has 4 nitrogen and oxygen atoms in total. The largest absolute Gasteiger partial charge is 0.496 e. The molecule has 2 heterocycles. The fourth-order valence-corrected chi connectivity index (χ4v) is 4.35. The summed E-state index contributed by atoms with van der Waals surface area (Å²) in [6, 6.07) is 14.4. The Labute approximate surface area is 160 Å². The molecule has 0 saturated heterocycles. The third-order valence-corrected chi connectivity index (χ3v) is 5.77. The topological polar surface area (TPSA) is 65.9 Å². The number of nitrogens with one attached hydrogen (secondary N) is 1. The maximum Gasteiger partial charge on any atom is 0.266 e. The second kappa shape index (κ2) is 6.90. The average Bonchev–Trinajstić information content (AvgIpc) is 3.18. The highest BCUT2D eigenvalue weighted by Crippen LogP contribution is 2.41. The summed E-state index contributed by atoms with van der Waals surface area (Å²) in [6.07, 6.45) is 1.25. The summed E-state index contributed by atoms with van der Waals surface area (Å²) in [6.45, 7) is 1.98. The number of aryl methyl sites for hydroxylation is 2. The Hall–Kier alpha value is -3.10. The van der Waals surface area contributed by atoms with Gasteiger partial charge in [-0.05, 0) is 47.5 Å². The Kier molecular flexibility index (Phi) is 4.43. The first-order valence-electron chi connectivity index (χ1n) is 8.71. The van der Waals surface area contributed by atoms with Crippen LogP contribution in [0.3, 0.4) is 0 Å². The predicted molar refractivity (Wildman–Crippen MR) is 111 cm³/mol. The van der Waals surface area contributed by atoms with Crippen LogP contribution < -0.4 is 10.3 Å². The predicted octanol–water partition coefficient (Wildman–Crippen LogP) is 5.18. The van der Waals surface area contributed by atoms with Gasteiger partial charge in [0.15, 0.2) is 0 Å². The number of methoxy groups -OCH3 is 1. The Bertz CT molecular complexity index is 1240. The van der Waals surface area contributed by atoms with E-state index in [0.717, 1.165) is 55.4 Å². The van der Waals surface area contributed by atoms with Crippen molar-refractivity contribution in [2.75, 3.05) is 7.11 Å². The number of nitriles is 1. The summed E-state index contributed by atoms with van der Waals surface area (Å²) in [7, 11) is 1.67. The molecule has 4 aromatic rings. The van der Waals surface area contributed by atoms with Crippen molar-refractivity contribution in [3.05, 3.63) is 63.3 Å². The lowest BCUT2D eigenvalue weighted by molar-refractivity contribution is 0.416. The van der Waals surface area contributed by atoms with E-state index < -0.39 is 0 Å². The number of aromatic amines is 1. The molecule has 0 saturated carbocycles. The summed E-state index contributed by atoms with van der Waals surface area (Å²) >= 11 is 1.45. The van der Waals surface area contributed by atoms with Crippen molar-refractivity contribution in [3.63, 3.8) is 0 Å². The molecule has 0 fully saturated rings. The van der Waals surface area contributed by atoms with Gasteiger partial charge in [-0.1, -0.05) is 24.3 Å². The van der Waals surface area contributed by atoms with Gasteiger partial charge in [0.05, 0.1) is 18.7 Å². The lowest BCUT2D eigenvalue weighted by atomic mass is 9.94. The molecular formula is C22H18N2O2S. The van der Waals surface area contributed by atoms with Crippen LogP contribution in [0.25, 0.3) is 32.1 Å². The second-order valence-electron chi connectivity index (χ2n) is 6.49. The van der Waals surface area contributed by atoms with Crippen molar-refractivity contribution < 1.29 is 4.74 Å². The maximum atomic E-state index is 12.5. The number of fused-ring (bicyclic) bond motifs is 3. The van der Waals surface area contributed by atoms with Crippen LogP contribution in [0.1, 0.15) is 17.5 Å². The van der Waals surface area contributed by atoms with Crippen LogP contribution in [-0.4, -0.2) is 12.1 Å². The number of hydrogen-bond donors (Lipinski definition) is 1. The highest BCUT2D eigenvalue weighted by Gasteiger charge is 2.18. The molecule has 1 N–H and O–H groups in total. The fraction of sp³-hybridized carbons (Fsp3) is 0.182. The molecule has 0 unspecified atom stereocenters. The third kappa shape index (κ3) is 2.88. The second-order valence-corrected chi connectivity index (χ2v) is 7.41. The summed E-state index contributed by atoms with van der Waals surface area (Å²) in [5, 5.41) is 12.7. The Morgan fingerprint density at radius 1 is 1.22 bits per heavy atom. The number of thiophene rings is 1. The van der Waals surface area contributed by atoms with E-state index >= 15 is 0 Å². The zero-order valence-electron chi connectivity index (χ0n) is 15.1. The van der Waals surface area contributed by atoms with Crippen molar-refractivity contribution in [1.82, 2.24) is 4.98 Å². The Morgan fingerprint density at radius 3 is 2.70 bits per heavy atom. The minimum atomic E-state index is -0.0569. The van der Waals surface area contributed by atoms with E-state index in [1.807, 2.05) is 36.6 Å². The molecule has 0 aliphatic carbocycles. The quantitative estimate of drug-likeness (QED) is 0.535. The van der Waals surface area contributed by atoms with E-state index in [-0.39, 0.29) is 5.56 Å². The molecule has 0 bridgehead atoms. The van der Waals surface area contributed by atoms with Gasteiger partial charge in [0.25, 0.3) is 5.56 Å². The molecular weight excluding hydrogens is 356 g/mol. The SMILES string of the molecule is COc1cc(C)c2[nH]c(=O)c3sccc3c2c1-c1ccc(CCC#N)cc1.